The first-order chi connectivity index (χ1) is 9.76. The number of aliphatic hydroxyl groups is 1. The van der Waals surface area contributed by atoms with Crippen molar-refractivity contribution in [2.75, 3.05) is 20.3 Å². The zero-order valence-electron chi connectivity index (χ0n) is 12.2. The van der Waals surface area contributed by atoms with Gasteiger partial charge in [-0.15, -0.1) is 0 Å². The number of aryl methyl sites for hydroxylation is 1. The van der Waals surface area contributed by atoms with E-state index in [4.69, 9.17) is 9.15 Å². The van der Waals surface area contributed by atoms with Crippen molar-refractivity contribution in [1.82, 2.24) is 5.32 Å². The van der Waals surface area contributed by atoms with E-state index in [9.17, 15) is 5.11 Å². The smallest absolute Gasteiger partial charge is 0.134 e. The van der Waals surface area contributed by atoms with Gasteiger partial charge in [-0.1, -0.05) is 25.1 Å². The van der Waals surface area contributed by atoms with Crippen LogP contribution in [0.4, 0.5) is 0 Å². The SMILES string of the molecule is CCc1oc2ccccc2c1CNCCC(O)COC. The Balaban J connectivity index is 1.95. The second-order valence-electron chi connectivity index (χ2n) is 4.93. The molecular weight excluding hydrogens is 254 g/mol. The maximum absolute atomic E-state index is 9.60. The number of hydrogen-bond acceptors (Lipinski definition) is 4. The maximum atomic E-state index is 9.60. The minimum absolute atomic E-state index is 0.385. The summed E-state index contributed by atoms with van der Waals surface area (Å²) in [6.45, 7) is 4.01. The number of methoxy groups -OCH3 is 1. The zero-order chi connectivity index (χ0) is 14.4. The van der Waals surface area contributed by atoms with E-state index in [0.29, 0.717) is 13.0 Å². The summed E-state index contributed by atoms with van der Waals surface area (Å²) in [6, 6.07) is 8.11. The fraction of sp³-hybridized carbons (Fsp3) is 0.500. The van der Waals surface area contributed by atoms with Crippen LogP contribution in [-0.4, -0.2) is 31.5 Å². The van der Waals surface area contributed by atoms with Gasteiger partial charge in [0.25, 0.3) is 0 Å². The van der Waals surface area contributed by atoms with E-state index in [1.807, 2.05) is 18.2 Å². The van der Waals surface area contributed by atoms with E-state index in [1.165, 1.54) is 10.9 Å². The molecule has 1 atom stereocenters. The average Bonchev–Trinajstić information content (AvgIpc) is 2.82. The molecule has 0 fully saturated rings. The van der Waals surface area contributed by atoms with Crippen molar-refractivity contribution in [2.45, 2.75) is 32.4 Å². The summed E-state index contributed by atoms with van der Waals surface area (Å²) in [7, 11) is 1.60. The lowest BCUT2D eigenvalue weighted by atomic mass is 10.1. The number of fused-ring (bicyclic) bond motifs is 1. The van der Waals surface area contributed by atoms with Gasteiger partial charge in [0.05, 0.1) is 12.7 Å². The highest BCUT2D eigenvalue weighted by atomic mass is 16.5. The van der Waals surface area contributed by atoms with Crippen LogP contribution in [0.15, 0.2) is 28.7 Å². The molecule has 2 aromatic rings. The van der Waals surface area contributed by atoms with E-state index >= 15 is 0 Å². The molecule has 0 spiro atoms. The van der Waals surface area contributed by atoms with E-state index < -0.39 is 6.10 Å². The normalized spacial score (nSPS) is 12.9. The Bertz CT molecular complexity index is 536. The molecule has 0 amide bonds. The molecule has 4 heteroatoms. The fourth-order valence-electron chi connectivity index (χ4n) is 2.39. The molecule has 0 saturated carbocycles. The predicted octanol–water partition coefficient (Wildman–Crippen LogP) is 2.48. The molecule has 1 heterocycles. The molecule has 0 aliphatic heterocycles. The molecular formula is C16H23NO3. The Morgan fingerprint density at radius 2 is 2.15 bits per heavy atom. The van der Waals surface area contributed by atoms with Crippen LogP contribution in [0.1, 0.15) is 24.7 Å². The average molecular weight is 277 g/mol. The number of benzene rings is 1. The topological polar surface area (TPSA) is 54.6 Å². The molecule has 2 rings (SSSR count). The summed E-state index contributed by atoms with van der Waals surface area (Å²) in [6.07, 6.45) is 1.17. The molecule has 4 nitrogen and oxygen atoms in total. The highest BCUT2D eigenvalue weighted by molar-refractivity contribution is 5.82. The molecule has 1 aromatic heterocycles. The molecule has 0 radical (unpaired) electrons. The Hall–Kier alpha value is -1.36. The lowest BCUT2D eigenvalue weighted by Crippen LogP contribution is -2.23. The summed E-state index contributed by atoms with van der Waals surface area (Å²) in [4.78, 5) is 0. The van der Waals surface area contributed by atoms with Crippen molar-refractivity contribution in [2.24, 2.45) is 0 Å². The first-order valence-corrected chi connectivity index (χ1v) is 7.13. The Morgan fingerprint density at radius 1 is 1.35 bits per heavy atom. The highest BCUT2D eigenvalue weighted by Crippen LogP contribution is 2.26. The summed E-state index contributed by atoms with van der Waals surface area (Å²) in [5.41, 5.74) is 2.17. The van der Waals surface area contributed by atoms with Gasteiger partial charge in [-0.3, -0.25) is 0 Å². The van der Waals surface area contributed by atoms with Crippen LogP contribution < -0.4 is 5.32 Å². The number of rotatable bonds is 8. The van der Waals surface area contributed by atoms with Crippen molar-refractivity contribution in [3.63, 3.8) is 0 Å². The summed E-state index contributed by atoms with van der Waals surface area (Å²) < 4.78 is 10.8. The van der Waals surface area contributed by atoms with Gasteiger partial charge in [0.15, 0.2) is 0 Å². The molecule has 0 bridgehead atoms. The quantitative estimate of drug-likeness (QED) is 0.728. The predicted molar refractivity (Wildman–Crippen MR) is 79.8 cm³/mol. The first-order valence-electron chi connectivity index (χ1n) is 7.13. The third kappa shape index (κ3) is 3.60. The summed E-state index contributed by atoms with van der Waals surface area (Å²) >= 11 is 0. The largest absolute Gasteiger partial charge is 0.461 e. The highest BCUT2D eigenvalue weighted by Gasteiger charge is 2.12. The van der Waals surface area contributed by atoms with Crippen LogP contribution in [0.2, 0.25) is 0 Å². The van der Waals surface area contributed by atoms with Crippen LogP contribution in [0.25, 0.3) is 11.0 Å². The van der Waals surface area contributed by atoms with Crippen LogP contribution in [0.5, 0.6) is 0 Å². The number of aliphatic hydroxyl groups excluding tert-OH is 1. The number of hydrogen-bond donors (Lipinski definition) is 2. The van der Waals surface area contributed by atoms with Gasteiger partial charge in [0, 0.05) is 31.0 Å². The Kier molecular flexibility index (Phi) is 5.59. The summed E-state index contributed by atoms with van der Waals surface area (Å²) in [5, 5.41) is 14.1. The second kappa shape index (κ2) is 7.43. The molecule has 0 aliphatic rings. The number of nitrogens with one attached hydrogen (secondary N) is 1. The minimum atomic E-state index is -0.403. The van der Waals surface area contributed by atoms with Gasteiger partial charge >= 0.3 is 0 Å². The van der Waals surface area contributed by atoms with Crippen LogP contribution in [0, 0.1) is 0 Å². The van der Waals surface area contributed by atoms with E-state index in [0.717, 1.165) is 30.9 Å². The molecule has 0 aliphatic carbocycles. The Labute approximate surface area is 119 Å². The van der Waals surface area contributed by atoms with Crippen molar-refractivity contribution >= 4 is 11.0 Å². The molecule has 110 valence electrons. The van der Waals surface area contributed by atoms with Gasteiger partial charge in [0.2, 0.25) is 0 Å². The monoisotopic (exact) mass is 277 g/mol. The van der Waals surface area contributed by atoms with E-state index in [1.54, 1.807) is 7.11 Å². The molecule has 1 aromatic carbocycles. The van der Waals surface area contributed by atoms with Crippen molar-refractivity contribution in [3.05, 3.63) is 35.6 Å². The van der Waals surface area contributed by atoms with Gasteiger partial charge in [-0.05, 0) is 19.0 Å². The van der Waals surface area contributed by atoms with E-state index in [-0.39, 0.29) is 0 Å². The summed E-state index contributed by atoms with van der Waals surface area (Å²) in [5.74, 6) is 1.04. The van der Waals surface area contributed by atoms with Crippen LogP contribution >= 0.6 is 0 Å². The molecule has 20 heavy (non-hydrogen) atoms. The molecule has 2 N–H and O–H groups in total. The maximum Gasteiger partial charge on any atom is 0.134 e. The second-order valence-corrected chi connectivity index (χ2v) is 4.93. The van der Waals surface area contributed by atoms with E-state index in [2.05, 4.69) is 18.3 Å². The van der Waals surface area contributed by atoms with Gasteiger partial charge in [-0.2, -0.15) is 0 Å². The Morgan fingerprint density at radius 3 is 2.90 bits per heavy atom. The third-order valence-electron chi connectivity index (χ3n) is 3.42. The fourth-order valence-corrected chi connectivity index (χ4v) is 2.39. The number of ether oxygens (including phenoxy) is 1. The standard InChI is InChI=1S/C16H23NO3/c1-3-15-14(10-17-9-8-12(18)11-19-2)13-6-4-5-7-16(13)20-15/h4-7,12,17-18H,3,8-11H2,1-2H3. The number of furan rings is 1. The van der Waals surface area contributed by atoms with Gasteiger partial charge in [0.1, 0.15) is 11.3 Å². The number of para-hydroxylation sites is 1. The molecule has 0 saturated heterocycles. The lowest BCUT2D eigenvalue weighted by molar-refractivity contribution is 0.0594. The molecule has 1 unspecified atom stereocenters. The van der Waals surface area contributed by atoms with Crippen molar-refractivity contribution in [1.29, 1.82) is 0 Å². The van der Waals surface area contributed by atoms with Crippen molar-refractivity contribution < 1.29 is 14.3 Å². The van der Waals surface area contributed by atoms with Gasteiger partial charge in [-0.25, -0.2) is 0 Å². The zero-order valence-corrected chi connectivity index (χ0v) is 12.2. The lowest BCUT2D eigenvalue weighted by Gasteiger charge is -2.10. The third-order valence-corrected chi connectivity index (χ3v) is 3.42. The minimum Gasteiger partial charge on any atom is -0.461 e. The van der Waals surface area contributed by atoms with Crippen LogP contribution in [-0.2, 0) is 17.7 Å². The van der Waals surface area contributed by atoms with Crippen molar-refractivity contribution in [3.8, 4) is 0 Å². The van der Waals surface area contributed by atoms with Gasteiger partial charge < -0.3 is 19.6 Å². The first kappa shape index (κ1) is 15.0. The van der Waals surface area contributed by atoms with Crippen LogP contribution in [0.3, 0.4) is 0 Å².